The van der Waals surface area contributed by atoms with Gasteiger partial charge in [0.25, 0.3) is 11.8 Å². The maximum absolute atomic E-state index is 14.5. The van der Waals surface area contributed by atoms with E-state index in [0.717, 1.165) is 23.1 Å². The van der Waals surface area contributed by atoms with Crippen LogP contribution in [-0.4, -0.2) is 136 Å². The van der Waals surface area contributed by atoms with Crippen LogP contribution >= 0.6 is 23.8 Å². The fourth-order valence-corrected chi connectivity index (χ4v) is 12.0. The zero-order chi connectivity index (χ0) is 61.2. The van der Waals surface area contributed by atoms with E-state index < -0.39 is 77.5 Å². The van der Waals surface area contributed by atoms with Gasteiger partial charge in [0.2, 0.25) is 11.8 Å². The molecule has 2 aromatic carbocycles. The number of nitrogens with two attached hydrogens (primary N) is 1. The Kier molecular flexibility index (Phi) is 21.8. The van der Waals surface area contributed by atoms with Crippen LogP contribution < -0.4 is 26.6 Å². The lowest BCUT2D eigenvalue weighted by Crippen LogP contribution is -2.53. The molecule has 6 N–H and O–H groups in total. The number of imide groups is 1. The highest BCUT2D eigenvalue weighted by molar-refractivity contribution is 7.80. The number of ketones is 1. The summed E-state index contributed by atoms with van der Waals surface area (Å²) in [7, 11) is 3.06. The fraction of sp³-hybridized carbons (Fsp3) is 0.516. The second-order valence-corrected chi connectivity index (χ2v) is 24.1. The average Bonchev–Trinajstić information content (AvgIpc) is 1.95. The van der Waals surface area contributed by atoms with Crippen LogP contribution in [0, 0.1) is 24.7 Å². The van der Waals surface area contributed by atoms with Gasteiger partial charge in [0.05, 0.1) is 46.9 Å². The molecule has 0 aliphatic carbocycles. The molecule has 452 valence electrons. The Labute approximate surface area is 500 Å². The summed E-state index contributed by atoms with van der Waals surface area (Å²) in [4.78, 5) is 114. The first kappa shape index (κ1) is 64.6. The molecule has 0 saturated carbocycles. The van der Waals surface area contributed by atoms with Crippen LogP contribution in [-0.2, 0) is 60.6 Å². The molecule has 0 unspecified atom stereocenters. The molecule has 4 bridgehead atoms. The number of halogens is 1. The van der Waals surface area contributed by atoms with E-state index in [2.05, 4.69) is 20.9 Å². The fourth-order valence-electron chi connectivity index (χ4n) is 11.5. The lowest BCUT2D eigenvalue weighted by molar-refractivity contribution is -0.187. The first-order chi connectivity index (χ1) is 39.8. The zero-order valence-corrected chi connectivity index (χ0v) is 50.6. The van der Waals surface area contributed by atoms with Crippen molar-refractivity contribution in [3.63, 3.8) is 0 Å². The van der Waals surface area contributed by atoms with Gasteiger partial charge in [-0.25, -0.2) is 9.59 Å². The van der Waals surface area contributed by atoms with Crippen LogP contribution in [0.1, 0.15) is 116 Å². The standard InChI is InChI=1S/C62H78ClN7O13S/c1-35(2)43(31-41(84)16-10-9-11-26-70-51(72)22-23-52(70)73)58(76)67-44(18-14-25-66-59(64)77)47(71)30-40-20-21-45(56-42(40)17-13-24-65-56)68-60(78)82-50-32-53(74)69(7)46-29-39(28-37(4)55(46)63)27-36(3)15-12-19-49(80-8)62(79)33-48(81-54(75)34-62)38(5)57-61(50,6)83-57/h12-13,15,17,19-24,28-29,35,38,43-44,48-50,57,79H,9-11,14,16,18,25-27,30-34H2,1-8H3,(H,67,76)(H,68,78)(H3,64,66,77)/b19-12+,36-15+/t38-,43+,44+,48+,49-,50+,57+,61+,62-/m1/s1. The molecule has 0 radical (unpaired) electrons. The van der Waals surface area contributed by atoms with Gasteiger partial charge < -0.3 is 45.3 Å². The number of aliphatic hydroxyl groups is 1. The molecule has 4 aliphatic rings. The Balaban J connectivity index is 1.09. The first-order valence-corrected chi connectivity index (χ1v) is 29.4. The number of esters is 1. The van der Waals surface area contributed by atoms with Crippen molar-refractivity contribution >= 4 is 98.5 Å². The van der Waals surface area contributed by atoms with Crippen molar-refractivity contribution < 1.29 is 62.4 Å². The molecule has 1 aromatic heterocycles. The van der Waals surface area contributed by atoms with E-state index in [0.29, 0.717) is 77.1 Å². The quantitative estimate of drug-likeness (QED) is 0.0222. The smallest absolute Gasteiger partial charge is 0.412 e. The maximum Gasteiger partial charge on any atom is 0.412 e. The Morgan fingerprint density at radius 3 is 2.48 bits per heavy atom. The van der Waals surface area contributed by atoms with Gasteiger partial charge in [0, 0.05) is 75.7 Å². The molecule has 0 spiro atoms. The van der Waals surface area contributed by atoms with E-state index in [4.69, 9.17) is 48.5 Å². The van der Waals surface area contributed by atoms with Crippen molar-refractivity contribution in [3.8, 4) is 0 Å². The Morgan fingerprint density at radius 2 is 1.77 bits per heavy atom. The minimum Gasteiger partial charge on any atom is -0.462 e. The lowest BCUT2D eigenvalue weighted by atomic mass is 9.78. The van der Waals surface area contributed by atoms with Crippen LogP contribution in [0.2, 0.25) is 5.02 Å². The highest BCUT2D eigenvalue weighted by Crippen LogP contribution is 2.50. The molecule has 2 saturated heterocycles. The number of rotatable bonds is 21. The van der Waals surface area contributed by atoms with Gasteiger partial charge in [0.15, 0.2) is 5.78 Å². The van der Waals surface area contributed by atoms with Gasteiger partial charge in [-0.05, 0) is 111 Å². The average molecular weight is 1200 g/mol. The second kappa shape index (κ2) is 28.3. The molecule has 22 heteroatoms. The summed E-state index contributed by atoms with van der Waals surface area (Å²) >= 11 is 12.6. The van der Waals surface area contributed by atoms with Crippen LogP contribution in [0.5, 0.6) is 0 Å². The number of primary amides is 1. The molecular formula is C62H78ClN7O13S. The summed E-state index contributed by atoms with van der Waals surface area (Å²) in [6.45, 7) is 11.6. The Morgan fingerprint density at radius 1 is 1.04 bits per heavy atom. The number of epoxide rings is 1. The predicted octanol–water partition coefficient (Wildman–Crippen LogP) is 8.03. The van der Waals surface area contributed by atoms with Crippen molar-refractivity contribution in [1.82, 2.24) is 20.5 Å². The van der Waals surface area contributed by atoms with E-state index in [1.54, 1.807) is 50.4 Å². The Hall–Kier alpha value is -6.91. The number of carbonyl (C=O) groups is 8. The number of fused-ring (bicyclic) bond motifs is 6. The highest BCUT2D eigenvalue weighted by Gasteiger charge is 2.64. The predicted molar refractivity (Wildman–Crippen MR) is 321 cm³/mol. The summed E-state index contributed by atoms with van der Waals surface area (Å²) in [6.07, 6.45) is 7.94. The number of urea groups is 1. The number of Topliss-reactive ketones (excluding diaryl/α,β-unsaturated/α-hetero) is 1. The summed E-state index contributed by atoms with van der Waals surface area (Å²) in [5, 5.41) is 21.3. The summed E-state index contributed by atoms with van der Waals surface area (Å²) in [6, 6.07) is 8.78. The number of pyridine rings is 1. The third-order valence-electron chi connectivity index (χ3n) is 16.4. The number of carbonyl (C=O) groups excluding carboxylic acids is 8. The summed E-state index contributed by atoms with van der Waals surface area (Å²) in [5.41, 5.74) is 6.51. The number of ether oxygens (including phenoxy) is 4. The van der Waals surface area contributed by atoms with E-state index in [-0.39, 0.29) is 73.8 Å². The number of amides is 7. The summed E-state index contributed by atoms with van der Waals surface area (Å²) < 4.78 is 24.3. The van der Waals surface area contributed by atoms with Crippen molar-refractivity contribution in [3.05, 3.63) is 100 Å². The first-order valence-electron chi connectivity index (χ1n) is 28.6. The zero-order valence-electron chi connectivity index (χ0n) is 49.0. The van der Waals surface area contributed by atoms with E-state index >= 15 is 0 Å². The number of aromatic nitrogens is 1. The number of anilines is 2. The number of nitrogens with zero attached hydrogens (tertiary/aromatic N) is 3. The van der Waals surface area contributed by atoms with Crippen molar-refractivity contribution in [2.45, 2.75) is 160 Å². The number of nitrogens with one attached hydrogen (secondary N) is 3. The highest BCUT2D eigenvalue weighted by atomic mass is 35.5. The van der Waals surface area contributed by atoms with Gasteiger partial charge >= 0.3 is 18.1 Å². The number of hydrogen-bond acceptors (Lipinski definition) is 15. The van der Waals surface area contributed by atoms with E-state index in [1.807, 2.05) is 52.8 Å². The minimum atomic E-state index is -1.63. The van der Waals surface area contributed by atoms with Gasteiger partial charge in [-0.1, -0.05) is 93.0 Å². The molecular weight excluding hydrogens is 1120 g/mol. The van der Waals surface area contributed by atoms with Crippen molar-refractivity contribution in [2.75, 3.05) is 37.5 Å². The number of unbranched alkanes of at least 4 members (excludes halogenated alkanes) is 2. The molecule has 4 aliphatic heterocycles. The topological polar surface area (TPSA) is 278 Å². The van der Waals surface area contributed by atoms with Gasteiger partial charge in [-0.2, -0.15) is 0 Å². The maximum atomic E-state index is 14.5. The number of thiocarbonyl (C=S) groups is 1. The van der Waals surface area contributed by atoms with Gasteiger partial charge in [0.1, 0.15) is 29.5 Å². The lowest BCUT2D eigenvalue weighted by Gasteiger charge is -2.41. The SMILES string of the molecule is CO[C@@H]1/C=C/C=C(\C)Cc2cc(C)c(Cl)c(c2)N(C)C(=O)C[C@H](OC(=O)Nc2ccc(CC(=O)[C@H](CCCNC(N)=O)NC(=O)[C@@H](CC(=S)CCCCCN3C(=O)C=CC3=O)C(C)C)c3cccnc23)[C@]2(C)O[C@H]2[C@H](C)[C@@H]2C[C@@]1(O)CC(=O)O2. The molecule has 3 aromatic rings. The van der Waals surface area contributed by atoms with Gasteiger partial charge in [-0.3, -0.25) is 44.0 Å². The number of methoxy groups -OCH3 is 1. The molecule has 20 nitrogen and oxygen atoms in total. The van der Waals surface area contributed by atoms with Crippen LogP contribution in [0.3, 0.4) is 0 Å². The molecule has 9 atom stereocenters. The molecule has 84 heavy (non-hydrogen) atoms. The molecule has 2 fully saturated rings. The Bertz CT molecular complexity index is 3110. The number of hydrogen-bond donors (Lipinski definition) is 5. The van der Waals surface area contributed by atoms with Crippen molar-refractivity contribution in [2.24, 2.45) is 23.5 Å². The van der Waals surface area contributed by atoms with E-state index in [1.165, 1.54) is 35.3 Å². The normalized spacial score (nSPS) is 25.3. The van der Waals surface area contributed by atoms with Gasteiger partial charge in [-0.15, -0.1) is 0 Å². The number of allylic oxidation sites excluding steroid dienone is 3. The monoisotopic (exact) mass is 1200 g/mol. The van der Waals surface area contributed by atoms with Crippen molar-refractivity contribution in [1.29, 1.82) is 0 Å². The summed E-state index contributed by atoms with van der Waals surface area (Å²) in [5.74, 6) is -3.64. The number of aryl methyl sites for hydroxylation is 1. The van der Waals surface area contributed by atoms with Crippen LogP contribution in [0.15, 0.2) is 78.5 Å². The second-order valence-electron chi connectivity index (χ2n) is 23.1. The third-order valence-corrected chi connectivity index (χ3v) is 17.3. The molecule has 7 amide bonds. The third kappa shape index (κ3) is 16.1. The largest absolute Gasteiger partial charge is 0.462 e. The molecule has 7 rings (SSSR count). The van der Waals surface area contributed by atoms with E-state index in [9.17, 15) is 43.5 Å². The van der Waals surface area contributed by atoms with Crippen LogP contribution in [0.4, 0.5) is 21.0 Å². The number of benzene rings is 2. The minimum absolute atomic E-state index is 0.0102. The van der Waals surface area contributed by atoms with Crippen LogP contribution in [0.25, 0.3) is 10.9 Å². The molecule has 5 heterocycles.